The molecule has 5 nitrogen and oxygen atoms in total. The molecule has 23 heavy (non-hydrogen) atoms. The largest absolute Gasteiger partial charge is 0.497 e. The second-order valence-corrected chi connectivity index (χ2v) is 5.46. The van der Waals surface area contributed by atoms with Gasteiger partial charge in [-0.1, -0.05) is 6.08 Å². The molecule has 0 saturated heterocycles. The monoisotopic (exact) mass is 451 g/mol. The highest BCUT2D eigenvalue weighted by Gasteiger charge is 1.98. The van der Waals surface area contributed by atoms with E-state index >= 15 is 0 Å². The van der Waals surface area contributed by atoms with Gasteiger partial charge in [0.1, 0.15) is 18.1 Å². The molecule has 1 aromatic carbocycles. The minimum absolute atomic E-state index is 0. The molecule has 0 aliphatic heterocycles. The van der Waals surface area contributed by atoms with Crippen LogP contribution in [-0.4, -0.2) is 51.3 Å². The fourth-order valence-electron chi connectivity index (χ4n) is 1.64. The molecule has 0 unspecified atom stereocenters. The summed E-state index contributed by atoms with van der Waals surface area (Å²) in [6.07, 6.45) is 1.91. The zero-order valence-electron chi connectivity index (χ0n) is 13.7. The summed E-state index contributed by atoms with van der Waals surface area (Å²) < 4.78 is 10.7. The summed E-state index contributed by atoms with van der Waals surface area (Å²) in [5.41, 5.74) is 0. The molecule has 7 heteroatoms. The first-order valence-corrected chi connectivity index (χ1v) is 8.35. The molecule has 0 radical (unpaired) electrons. The molecule has 0 aromatic heterocycles. The van der Waals surface area contributed by atoms with E-state index in [-0.39, 0.29) is 24.0 Å². The second kappa shape index (κ2) is 14.5. The molecule has 0 heterocycles. The Kier molecular flexibility index (Phi) is 13.8. The Labute approximate surface area is 160 Å². The molecule has 0 amide bonds. The number of rotatable bonds is 10. The molecule has 0 bridgehead atoms. The molecular weight excluding hydrogens is 425 g/mol. The maximum Gasteiger partial charge on any atom is 0.191 e. The number of halogens is 1. The van der Waals surface area contributed by atoms with Crippen LogP contribution in [0.5, 0.6) is 11.5 Å². The van der Waals surface area contributed by atoms with Crippen LogP contribution in [0.4, 0.5) is 0 Å². The first kappa shape index (κ1) is 21.9. The Hall–Kier alpha value is -1.09. The molecule has 0 aliphatic rings. The molecule has 1 aromatic rings. The summed E-state index contributed by atoms with van der Waals surface area (Å²) >= 11 is 1.84. The third kappa shape index (κ3) is 10.3. The Morgan fingerprint density at radius 3 is 2.48 bits per heavy atom. The van der Waals surface area contributed by atoms with E-state index in [2.05, 4.69) is 22.2 Å². The summed E-state index contributed by atoms with van der Waals surface area (Å²) in [7, 11) is 3.41. The summed E-state index contributed by atoms with van der Waals surface area (Å²) in [6.45, 7) is 5.82. The molecular formula is C16H26IN3O2S. The minimum Gasteiger partial charge on any atom is -0.497 e. The fourth-order valence-corrected chi connectivity index (χ4v) is 2.22. The van der Waals surface area contributed by atoms with E-state index in [9.17, 15) is 0 Å². The molecule has 0 spiro atoms. The quantitative estimate of drug-likeness (QED) is 0.188. The van der Waals surface area contributed by atoms with Gasteiger partial charge in [0.25, 0.3) is 0 Å². The van der Waals surface area contributed by atoms with E-state index in [4.69, 9.17) is 9.47 Å². The van der Waals surface area contributed by atoms with E-state index in [0.717, 1.165) is 35.5 Å². The van der Waals surface area contributed by atoms with Crippen LogP contribution in [-0.2, 0) is 0 Å². The van der Waals surface area contributed by atoms with Crippen LogP contribution in [0.3, 0.4) is 0 Å². The van der Waals surface area contributed by atoms with Crippen LogP contribution >= 0.6 is 35.7 Å². The van der Waals surface area contributed by atoms with Gasteiger partial charge in [-0.3, -0.25) is 4.99 Å². The Bertz CT molecular complexity index is 455. The number of hydrogen-bond acceptors (Lipinski definition) is 4. The summed E-state index contributed by atoms with van der Waals surface area (Å²) in [4.78, 5) is 4.17. The molecule has 0 saturated carbocycles. The lowest BCUT2D eigenvalue weighted by Crippen LogP contribution is -2.40. The van der Waals surface area contributed by atoms with Gasteiger partial charge in [0.15, 0.2) is 5.96 Å². The predicted octanol–water partition coefficient (Wildman–Crippen LogP) is 2.78. The van der Waals surface area contributed by atoms with Crippen LogP contribution in [0.2, 0.25) is 0 Å². The smallest absolute Gasteiger partial charge is 0.191 e. The van der Waals surface area contributed by atoms with Gasteiger partial charge < -0.3 is 20.1 Å². The number of aliphatic imine (C=N–C) groups is 1. The highest BCUT2D eigenvalue weighted by atomic mass is 127. The maximum absolute atomic E-state index is 5.64. The molecule has 1 rings (SSSR count). The van der Waals surface area contributed by atoms with Crippen molar-refractivity contribution in [3.8, 4) is 11.5 Å². The standard InChI is InChI=1S/C16H25N3O2S.HI/c1-4-12-22-13-10-19-16(17-2)18-9-11-21-15-7-5-14(20-3)6-8-15;/h4-8H,1,9-13H2,2-3H3,(H2,17,18,19);1H. The number of nitrogens with one attached hydrogen (secondary N) is 2. The molecule has 2 N–H and O–H groups in total. The number of methoxy groups -OCH3 is 1. The number of nitrogens with zero attached hydrogens (tertiary/aromatic N) is 1. The third-order valence-corrected chi connectivity index (χ3v) is 3.69. The lowest BCUT2D eigenvalue weighted by atomic mass is 10.3. The Balaban J connectivity index is 0.00000484. The zero-order chi connectivity index (χ0) is 16.0. The van der Waals surface area contributed by atoms with Crippen LogP contribution in [0.1, 0.15) is 0 Å². The Morgan fingerprint density at radius 1 is 1.22 bits per heavy atom. The molecule has 0 fully saturated rings. The molecule has 130 valence electrons. The first-order valence-electron chi connectivity index (χ1n) is 7.20. The van der Waals surface area contributed by atoms with Crippen LogP contribution < -0.4 is 20.1 Å². The molecule has 0 atom stereocenters. The predicted molar refractivity (Wildman–Crippen MR) is 111 cm³/mol. The summed E-state index contributed by atoms with van der Waals surface area (Å²) in [6, 6.07) is 7.54. The SMILES string of the molecule is C=CCSCCNC(=NC)NCCOc1ccc(OC)cc1.I. The third-order valence-electron chi connectivity index (χ3n) is 2.72. The highest BCUT2D eigenvalue weighted by Crippen LogP contribution is 2.16. The van der Waals surface area contributed by atoms with E-state index in [1.165, 1.54) is 0 Å². The maximum atomic E-state index is 5.64. The van der Waals surface area contributed by atoms with E-state index in [1.54, 1.807) is 14.2 Å². The van der Waals surface area contributed by atoms with Crippen LogP contribution in [0.15, 0.2) is 41.9 Å². The zero-order valence-corrected chi connectivity index (χ0v) is 16.9. The topological polar surface area (TPSA) is 54.9 Å². The van der Waals surface area contributed by atoms with Crippen molar-refractivity contribution in [2.45, 2.75) is 0 Å². The van der Waals surface area contributed by atoms with Gasteiger partial charge in [-0.15, -0.1) is 30.6 Å². The summed E-state index contributed by atoms with van der Waals surface area (Å²) in [5, 5.41) is 6.47. The van der Waals surface area contributed by atoms with Gasteiger partial charge in [-0.05, 0) is 24.3 Å². The van der Waals surface area contributed by atoms with Crippen LogP contribution in [0, 0.1) is 0 Å². The number of guanidine groups is 1. The lowest BCUT2D eigenvalue weighted by Gasteiger charge is -2.12. The van der Waals surface area contributed by atoms with Gasteiger partial charge >= 0.3 is 0 Å². The fraction of sp³-hybridized carbons (Fsp3) is 0.438. The summed E-state index contributed by atoms with van der Waals surface area (Å²) in [5.74, 6) is 4.44. The van der Waals surface area contributed by atoms with Crippen molar-refractivity contribution in [2.75, 3.05) is 45.4 Å². The van der Waals surface area contributed by atoms with Crippen molar-refractivity contribution in [1.82, 2.24) is 10.6 Å². The van der Waals surface area contributed by atoms with Crippen molar-refractivity contribution in [3.05, 3.63) is 36.9 Å². The first-order chi connectivity index (χ1) is 10.8. The van der Waals surface area contributed by atoms with Gasteiger partial charge in [-0.2, -0.15) is 11.8 Å². The number of thioether (sulfide) groups is 1. The van der Waals surface area contributed by atoms with Crippen molar-refractivity contribution < 1.29 is 9.47 Å². The van der Waals surface area contributed by atoms with E-state index < -0.39 is 0 Å². The van der Waals surface area contributed by atoms with Crippen LogP contribution in [0.25, 0.3) is 0 Å². The number of benzene rings is 1. The van der Waals surface area contributed by atoms with Gasteiger partial charge in [-0.25, -0.2) is 0 Å². The average molecular weight is 451 g/mol. The average Bonchev–Trinajstić information content (AvgIpc) is 2.57. The normalized spacial score (nSPS) is 10.4. The number of ether oxygens (including phenoxy) is 2. The van der Waals surface area contributed by atoms with Gasteiger partial charge in [0.05, 0.1) is 13.7 Å². The van der Waals surface area contributed by atoms with Crippen molar-refractivity contribution >= 4 is 41.7 Å². The minimum atomic E-state index is 0. The van der Waals surface area contributed by atoms with Crippen molar-refractivity contribution in [2.24, 2.45) is 4.99 Å². The number of hydrogen-bond donors (Lipinski definition) is 2. The molecule has 0 aliphatic carbocycles. The lowest BCUT2D eigenvalue weighted by molar-refractivity contribution is 0.321. The Morgan fingerprint density at radius 2 is 1.87 bits per heavy atom. The van der Waals surface area contributed by atoms with Gasteiger partial charge in [0.2, 0.25) is 0 Å². The van der Waals surface area contributed by atoms with E-state index in [0.29, 0.717) is 13.2 Å². The van der Waals surface area contributed by atoms with Gasteiger partial charge in [0, 0.05) is 25.1 Å². The highest BCUT2D eigenvalue weighted by molar-refractivity contribution is 14.0. The van der Waals surface area contributed by atoms with Crippen molar-refractivity contribution in [3.63, 3.8) is 0 Å². The van der Waals surface area contributed by atoms with E-state index in [1.807, 2.05) is 42.1 Å². The van der Waals surface area contributed by atoms with Crippen molar-refractivity contribution in [1.29, 1.82) is 0 Å². The second-order valence-electron chi connectivity index (χ2n) is 4.31.